The zero-order valence-corrected chi connectivity index (χ0v) is 10.9. The van der Waals surface area contributed by atoms with E-state index in [-0.39, 0.29) is 6.10 Å². The Bertz CT molecular complexity index is 238. The van der Waals surface area contributed by atoms with Crippen LogP contribution in [0, 0.1) is 0 Å². The second-order valence-electron chi connectivity index (χ2n) is 5.95. The maximum absolute atomic E-state index is 9.93. The summed E-state index contributed by atoms with van der Waals surface area (Å²) in [6.07, 6.45) is 7.24. The van der Waals surface area contributed by atoms with Gasteiger partial charge in [-0.15, -0.1) is 0 Å². The number of nitrogens with zero attached hydrogens (tertiary/aromatic N) is 2. The van der Waals surface area contributed by atoms with Crippen molar-refractivity contribution in [3.05, 3.63) is 0 Å². The van der Waals surface area contributed by atoms with Gasteiger partial charge in [0.1, 0.15) is 0 Å². The molecule has 2 aliphatic rings. The summed E-state index contributed by atoms with van der Waals surface area (Å²) in [5, 5.41) is 9.93. The van der Waals surface area contributed by atoms with Crippen molar-refractivity contribution in [2.24, 2.45) is 0 Å². The lowest BCUT2D eigenvalue weighted by Gasteiger charge is -2.50. The van der Waals surface area contributed by atoms with Crippen molar-refractivity contribution in [3.8, 4) is 0 Å². The Kier molecular flexibility index (Phi) is 3.57. The fraction of sp³-hybridized carbons (Fsp3) is 1.00. The van der Waals surface area contributed by atoms with Crippen molar-refractivity contribution in [3.63, 3.8) is 0 Å². The first-order valence-electron chi connectivity index (χ1n) is 6.61. The maximum atomic E-state index is 9.93. The molecule has 2 atom stereocenters. The summed E-state index contributed by atoms with van der Waals surface area (Å²) in [5.41, 5.74) is 0.386. The average Bonchev–Trinajstić information content (AvgIpc) is 2.57. The molecule has 3 nitrogen and oxygen atoms in total. The second kappa shape index (κ2) is 4.63. The Morgan fingerprint density at radius 2 is 1.81 bits per heavy atom. The third-order valence-corrected chi connectivity index (χ3v) is 4.79. The predicted octanol–water partition coefficient (Wildman–Crippen LogP) is 1.32. The van der Waals surface area contributed by atoms with Crippen LogP contribution in [-0.4, -0.2) is 60.3 Å². The molecule has 0 aromatic heterocycles. The molecule has 0 amide bonds. The quantitative estimate of drug-likeness (QED) is 0.783. The number of hydrogen-bond acceptors (Lipinski definition) is 3. The highest BCUT2D eigenvalue weighted by atomic mass is 16.3. The minimum atomic E-state index is -0.0933. The van der Waals surface area contributed by atoms with Crippen LogP contribution in [0.5, 0.6) is 0 Å². The molecule has 0 saturated heterocycles. The average molecular weight is 226 g/mol. The van der Waals surface area contributed by atoms with Gasteiger partial charge in [0.2, 0.25) is 0 Å². The Labute approximate surface area is 99.4 Å². The van der Waals surface area contributed by atoms with Crippen molar-refractivity contribution in [2.75, 3.05) is 27.7 Å². The Balaban J connectivity index is 1.93. The van der Waals surface area contributed by atoms with Gasteiger partial charge < -0.3 is 10.0 Å². The van der Waals surface area contributed by atoms with Crippen molar-refractivity contribution in [1.29, 1.82) is 0 Å². The molecule has 2 unspecified atom stereocenters. The number of rotatable bonds is 4. The lowest BCUT2D eigenvalue weighted by Crippen LogP contribution is -2.58. The first kappa shape index (κ1) is 12.3. The van der Waals surface area contributed by atoms with Crippen LogP contribution in [0.2, 0.25) is 0 Å². The van der Waals surface area contributed by atoms with Crippen molar-refractivity contribution in [1.82, 2.24) is 9.80 Å². The van der Waals surface area contributed by atoms with Crippen molar-refractivity contribution >= 4 is 0 Å². The van der Waals surface area contributed by atoms with E-state index in [9.17, 15) is 5.11 Å². The molecule has 0 aromatic carbocycles. The molecule has 16 heavy (non-hydrogen) atoms. The number of likely N-dealkylation sites (N-methyl/N-ethyl adjacent to an activating group) is 2. The molecule has 94 valence electrons. The number of aliphatic hydroxyl groups is 1. The molecule has 0 radical (unpaired) electrons. The molecule has 3 heteroatoms. The highest BCUT2D eigenvalue weighted by Crippen LogP contribution is 2.38. The van der Waals surface area contributed by atoms with Gasteiger partial charge in [-0.1, -0.05) is 0 Å². The first-order valence-corrected chi connectivity index (χ1v) is 6.61. The van der Waals surface area contributed by atoms with Gasteiger partial charge in [-0.05, 0) is 59.7 Å². The molecule has 0 heterocycles. The summed E-state index contributed by atoms with van der Waals surface area (Å²) < 4.78 is 0. The van der Waals surface area contributed by atoms with Crippen LogP contribution in [0.4, 0.5) is 0 Å². The van der Waals surface area contributed by atoms with E-state index in [1.165, 1.54) is 32.1 Å². The third-order valence-electron chi connectivity index (χ3n) is 4.79. The zero-order valence-electron chi connectivity index (χ0n) is 10.9. The molecule has 2 rings (SSSR count). The largest absolute Gasteiger partial charge is 0.391 e. The predicted molar refractivity (Wildman–Crippen MR) is 66.5 cm³/mol. The SMILES string of the molecule is CN(CC1(N(C)C)CCC1)C1CCCC1O. The van der Waals surface area contributed by atoms with Crippen LogP contribution < -0.4 is 0 Å². The van der Waals surface area contributed by atoms with Crippen molar-refractivity contribution < 1.29 is 5.11 Å². The molecule has 2 saturated carbocycles. The Hall–Kier alpha value is -0.120. The van der Waals surface area contributed by atoms with E-state index in [1.807, 2.05) is 0 Å². The van der Waals surface area contributed by atoms with Crippen LogP contribution in [0.1, 0.15) is 38.5 Å². The van der Waals surface area contributed by atoms with Gasteiger partial charge >= 0.3 is 0 Å². The van der Waals surface area contributed by atoms with E-state index >= 15 is 0 Å². The normalized spacial score (nSPS) is 33.4. The van der Waals surface area contributed by atoms with Crippen LogP contribution in [-0.2, 0) is 0 Å². The monoisotopic (exact) mass is 226 g/mol. The van der Waals surface area contributed by atoms with E-state index in [0.29, 0.717) is 11.6 Å². The highest BCUT2D eigenvalue weighted by molar-refractivity contribution is 4.99. The minimum absolute atomic E-state index is 0.0933. The summed E-state index contributed by atoms with van der Waals surface area (Å²) in [6.45, 7) is 1.11. The summed E-state index contributed by atoms with van der Waals surface area (Å²) >= 11 is 0. The zero-order chi connectivity index (χ0) is 11.8. The van der Waals surface area contributed by atoms with Crippen LogP contribution in [0.25, 0.3) is 0 Å². The summed E-state index contributed by atoms with van der Waals surface area (Å²) in [7, 11) is 6.57. The molecule has 2 fully saturated rings. The third kappa shape index (κ3) is 2.13. The van der Waals surface area contributed by atoms with E-state index in [2.05, 4.69) is 30.9 Å². The summed E-state index contributed by atoms with van der Waals surface area (Å²) in [4.78, 5) is 4.78. The number of hydrogen-bond donors (Lipinski definition) is 1. The van der Waals surface area contributed by atoms with Crippen LogP contribution in [0.15, 0.2) is 0 Å². The molecular formula is C13H26N2O. The van der Waals surface area contributed by atoms with Gasteiger partial charge in [-0.3, -0.25) is 4.90 Å². The summed E-state index contributed by atoms with van der Waals surface area (Å²) in [5.74, 6) is 0. The topological polar surface area (TPSA) is 26.7 Å². The van der Waals surface area contributed by atoms with Gasteiger partial charge in [0.25, 0.3) is 0 Å². The van der Waals surface area contributed by atoms with Crippen molar-refractivity contribution in [2.45, 2.75) is 56.2 Å². The van der Waals surface area contributed by atoms with Crippen LogP contribution >= 0.6 is 0 Å². The van der Waals surface area contributed by atoms with Gasteiger partial charge in [0, 0.05) is 18.1 Å². The molecule has 2 aliphatic carbocycles. The molecule has 1 N–H and O–H groups in total. The maximum Gasteiger partial charge on any atom is 0.0695 e. The molecule has 0 aromatic rings. The lowest BCUT2D eigenvalue weighted by atomic mass is 9.75. The van der Waals surface area contributed by atoms with E-state index in [0.717, 1.165) is 13.0 Å². The standard InChI is InChI=1S/C13H26N2O/c1-14(2)13(8-5-9-13)10-15(3)11-6-4-7-12(11)16/h11-12,16H,4-10H2,1-3H3. The minimum Gasteiger partial charge on any atom is -0.391 e. The lowest BCUT2D eigenvalue weighted by molar-refractivity contribution is -0.00272. The van der Waals surface area contributed by atoms with Gasteiger partial charge in [-0.2, -0.15) is 0 Å². The molecule has 0 bridgehead atoms. The van der Waals surface area contributed by atoms with Gasteiger partial charge in [0.15, 0.2) is 0 Å². The molecule has 0 spiro atoms. The molecule has 0 aliphatic heterocycles. The molecular weight excluding hydrogens is 200 g/mol. The number of aliphatic hydroxyl groups excluding tert-OH is 1. The summed E-state index contributed by atoms with van der Waals surface area (Å²) in [6, 6.07) is 0.400. The van der Waals surface area contributed by atoms with E-state index in [1.54, 1.807) is 0 Å². The first-order chi connectivity index (χ1) is 7.55. The Morgan fingerprint density at radius 3 is 2.19 bits per heavy atom. The van der Waals surface area contributed by atoms with Gasteiger partial charge in [0.05, 0.1) is 6.10 Å². The fourth-order valence-electron chi connectivity index (χ4n) is 3.35. The smallest absolute Gasteiger partial charge is 0.0695 e. The second-order valence-corrected chi connectivity index (χ2v) is 5.95. The highest BCUT2D eigenvalue weighted by Gasteiger charge is 2.42. The van der Waals surface area contributed by atoms with E-state index < -0.39 is 0 Å². The van der Waals surface area contributed by atoms with Crippen LogP contribution in [0.3, 0.4) is 0 Å². The fourth-order valence-corrected chi connectivity index (χ4v) is 3.35. The van der Waals surface area contributed by atoms with E-state index in [4.69, 9.17) is 0 Å². The Morgan fingerprint density at radius 1 is 1.12 bits per heavy atom. The van der Waals surface area contributed by atoms with Gasteiger partial charge in [-0.25, -0.2) is 0 Å².